The molecule has 0 aromatic heterocycles. The molecule has 0 radical (unpaired) electrons. The van der Waals surface area contributed by atoms with E-state index in [0.29, 0.717) is 13.0 Å². The molecule has 118 valence electrons. The summed E-state index contributed by atoms with van der Waals surface area (Å²) in [6, 6.07) is 5.90. The van der Waals surface area contributed by atoms with Crippen molar-refractivity contribution in [1.82, 2.24) is 10.2 Å². The fourth-order valence-corrected chi connectivity index (χ4v) is 2.36. The normalized spacial score (nSPS) is 20.7. The van der Waals surface area contributed by atoms with Crippen molar-refractivity contribution in [2.75, 3.05) is 13.1 Å². The number of likely N-dealkylation sites (tertiary alicyclic amines) is 1. The molecule has 1 unspecified atom stereocenters. The topological polar surface area (TPSA) is 107 Å². The number of hydrogen-bond donors (Lipinski definition) is 3. The fourth-order valence-electron chi connectivity index (χ4n) is 2.36. The van der Waals surface area contributed by atoms with Gasteiger partial charge in [0.15, 0.2) is 0 Å². The maximum atomic E-state index is 12.0. The zero-order chi connectivity index (χ0) is 16.3. The number of carbonyl (C=O) groups excluding carboxylic acids is 1. The summed E-state index contributed by atoms with van der Waals surface area (Å²) in [5, 5.41) is 20.7. The number of benzene rings is 1. The third-order valence-corrected chi connectivity index (χ3v) is 3.92. The van der Waals surface area contributed by atoms with Gasteiger partial charge in [0.2, 0.25) is 0 Å². The minimum absolute atomic E-state index is 0.187. The highest BCUT2D eigenvalue weighted by molar-refractivity contribution is 5.87. The second-order valence-corrected chi connectivity index (χ2v) is 5.70. The van der Waals surface area contributed by atoms with Crippen LogP contribution in [0.4, 0.5) is 4.79 Å². The average molecular weight is 306 g/mol. The first-order chi connectivity index (χ1) is 10.3. The average Bonchev–Trinajstić information content (AvgIpc) is 2.89. The van der Waals surface area contributed by atoms with Gasteiger partial charge in [0.25, 0.3) is 0 Å². The van der Waals surface area contributed by atoms with E-state index < -0.39 is 17.4 Å². The van der Waals surface area contributed by atoms with E-state index in [1.807, 2.05) is 0 Å². The second kappa shape index (κ2) is 6.05. The number of aliphatic carboxylic acids is 1. The maximum absolute atomic E-state index is 12.0. The van der Waals surface area contributed by atoms with Crippen LogP contribution in [0.3, 0.4) is 0 Å². The monoisotopic (exact) mass is 306 g/mol. The van der Waals surface area contributed by atoms with Gasteiger partial charge in [-0.25, -0.2) is 9.59 Å². The van der Waals surface area contributed by atoms with E-state index in [1.54, 1.807) is 19.1 Å². The van der Waals surface area contributed by atoms with E-state index in [-0.39, 0.29) is 24.7 Å². The summed E-state index contributed by atoms with van der Waals surface area (Å²) in [6.45, 7) is 2.49. The summed E-state index contributed by atoms with van der Waals surface area (Å²) in [5.41, 5.74) is 0.0749. The molecule has 1 atom stereocenters. The summed E-state index contributed by atoms with van der Waals surface area (Å²) >= 11 is 0. The highest BCUT2D eigenvalue weighted by atomic mass is 16.4. The Bertz CT molecular complexity index is 598. The lowest BCUT2D eigenvalue weighted by molar-refractivity contribution is -0.147. The SMILES string of the molecule is CC1(C(=O)O)CCN(C(=O)NCc2ccc(C(=O)O)cc2)C1. The van der Waals surface area contributed by atoms with E-state index in [9.17, 15) is 14.4 Å². The van der Waals surface area contributed by atoms with Crippen LogP contribution in [0.15, 0.2) is 24.3 Å². The minimum Gasteiger partial charge on any atom is -0.481 e. The number of amides is 2. The molecule has 3 N–H and O–H groups in total. The highest BCUT2D eigenvalue weighted by Gasteiger charge is 2.42. The van der Waals surface area contributed by atoms with Gasteiger partial charge in [-0.1, -0.05) is 12.1 Å². The Hall–Kier alpha value is -2.57. The van der Waals surface area contributed by atoms with E-state index in [1.165, 1.54) is 17.0 Å². The number of nitrogens with one attached hydrogen (secondary N) is 1. The smallest absolute Gasteiger partial charge is 0.335 e. The number of carboxylic acids is 2. The lowest BCUT2D eigenvalue weighted by atomic mass is 9.90. The molecular formula is C15H18N2O5. The van der Waals surface area contributed by atoms with Crippen molar-refractivity contribution in [2.24, 2.45) is 5.41 Å². The number of aromatic carboxylic acids is 1. The van der Waals surface area contributed by atoms with Crippen LogP contribution in [-0.2, 0) is 11.3 Å². The number of nitrogens with zero attached hydrogens (tertiary/aromatic N) is 1. The molecule has 1 aromatic carbocycles. The molecule has 1 aliphatic rings. The van der Waals surface area contributed by atoms with Gasteiger partial charge in [-0.2, -0.15) is 0 Å². The summed E-state index contributed by atoms with van der Waals surface area (Å²) in [6.07, 6.45) is 0.434. The Morgan fingerprint density at radius 2 is 1.86 bits per heavy atom. The second-order valence-electron chi connectivity index (χ2n) is 5.70. The van der Waals surface area contributed by atoms with Crippen molar-refractivity contribution in [3.8, 4) is 0 Å². The lowest BCUT2D eigenvalue weighted by Gasteiger charge is -2.20. The van der Waals surface area contributed by atoms with Gasteiger partial charge >= 0.3 is 18.0 Å². The Kier molecular flexibility index (Phi) is 4.35. The molecule has 7 heteroatoms. The third kappa shape index (κ3) is 3.36. The first kappa shape index (κ1) is 15.8. The standard InChI is InChI=1S/C15H18N2O5/c1-15(13(20)21)6-7-17(9-15)14(22)16-8-10-2-4-11(5-3-10)12(18)19/h2-5H,6-9H2,1H3,(H,16,22)(H,18,19)(H,20,21). The quantitative estimate of drug-likeness (QED) is 0.779. The number of urea groups is 1. The summed E-state index contributed by atoms with van der Waals surface area (Å²) in [4.78, 5) is 35.4. The maximum Gasteiger partial charge on any atom is 0.335 e. The van der Waals surface area contributed by atoms with E-state index >= 15 is 0 Å². The lowest BCUT2D eigenvalue weighted by Crippen LogP contribution is -2.40. The zero-order valence-corrected chi connectivity index (χ0v) is 12.2. The van der Waals surface area contributed by atoms with Crippen molar-refractivity contribution in [3.05, 3.63) is 35.4 Å². The number of rotatable bonds is 4. The zero-order valence-electron chi connectivity index (χ0n) is 12.2. The number of carboxylic acid groups (broad SMARTS) is 2. The molecular weight excluding hydrogens is 288 g/mol. The van der Waals surface area contributed by atoms with Crippen LogP contribution >= 0.6 is 0 Å². The molecule has 0 bridgehead atoms. The summed E-state index contributed by atoms with van der Waals surface area (Å²) < 4.78 is 0. The largest absolute Gasteiger partial charge is 0.481 e. The highest BCUT2D eigenvalue weighted by Crippen LogP contribution is 2.29. The molecule has 0 saturated carbocycles. The summed E-state index contributed by atoms with van der Waals surface area (Å²) in [7, 11) is 0. The molecule has 0 spiro atoms. The van der Waals surface area contributed by atoms with Crippen LogP contribution < -0.4 is 5.32 Å². The van der Waals surface area contributed by atoms with Crippen LogP contribution in [0.25, 0.3) is 0 Å². The molecule has 1 aliphatic heterocycles. The van der Waals surface area contributed by atoms with Gasteiger partial charge in [0, 0.05) is 19.6 Å². The van der Waals surface area contributed by atoms with Gasteiger partial charge in [-0.15, -0.1) is 0 Å². The van der Waals surface area contributed by atoms with E-state index in [2.05, 4.69) is 5.32 Å². The number of carbonyl (C=O) groups is 3. The minimum atomic E-state index is -0.999. The Labute approximate surface area is 127 Å². The molecule has 2 rings (SSSR count). The van der Waals surface area contributed by atoms with Gasteiger partial charge in [0.05, 0.1) is 11.0 Å². The molecule has 0 aliphatic carbocycles. The van der Waals surface area contributed by atoms with Crippen LogP contribution in [0, 0.1) is 5.41 Å². The molecule has 7 nitrogen and oxygen atoms in total. The Morgan fingerprint density at radius 1 is 1.23 bits per heavy atom. The van der Waals surface area contributed by atoms with Gasteiger partial charge in [-0.3, -0.25) is 4.79 Å². The predicted molar refractivity (Wildman–Crippen MR) is 77.6 cm³/mol. The van der Waals surface area contributed by atoms with Crippen LogP contribution in [0.2, 0.25) is 0 Å². The summed E-state index contributed by atoms with van der Waals surface area (Å²) in [5.74, 6) is -1.90. The van der Waals surface area contributed by atoms with E-state index in [0.717, 1.165) is 5.56 Å². The third-order valence-electron chi connectivity index (χ3n) is 3.92. The molecule has 1 saturated heterocycles. The molecule has 1 fully saturated rings. The van der Waals surface area contributed by atoms with E-state index in [4.69, 9.17) is 10.2 Å². The molecule has 2 amide bonds. The first-order valence-corrected chi connectivity index (χ1v) is 6.90. The molecule has 22 heavy (non-hydrogen) atoms. The fraction of sp³-hybridized carbons (Fsp3) is 0.400. The molecule has 1 aromatic rings. The van der Waals surface area contributed by atoms with Crippen LogP contribution in [0.1, 0.15) is 29.3 Å². The molecule has 1 heterocycles. The van der Waals surface area contributed by atoms with Crippen molar-refractivity contribution >= 4 is 18.0 Å². The van der Waals surface area contributed by atoms with Crippen molar-refractivity contribution in [1.29, 1.82) is 0 Å². The van der Waals surface area contributed by atoms with Crippen LogP contribution in [0.5, 0.6) is 0 Å². The van der Waals surface area contributed by atoms with Gasteiger partial charge < -0.3 is 20.4 Å². The van der Waals surface area contributed by atoms with Crippen LogP contribution in [-0.4, -0.2) is 46.2 Å². The van der Waals surface area contributed by atoms with Gasteiger partial charge in [0.1, 0.15) is 0 Å². The van der Waals surface area contributed by atoms with Gasteiger partial charge in [-0.05, 0) is 31.0 Å². The number of hydrogen-bond acceptors (Lipinski definition) is 3. The Balaban J connectivity index is 1.88. The first-order valence-electron chi connectivity index (χ1n) is 6.90. The van der Waals surface area contributed by atoms with Crippen molar-refractivity contribution in [2.45, 2.75) is 19.9 Å². The van der Waals surface area contributed by atoms with Crippen molar-refractivity contribution in [3.63, 3.8) is 0 Å². The predicted octanol–water partition coefficient (Wildman–Crippen LogP) is 1.39. The Morgan fingerprint density at radius 3 is 2.36 bits per heavy atom. The van der Waals surface area contributed by atoms with Crippen molar-refractivity contribution < 1.29 is 24.6 Å².